The highest BCUT2D eigenvalue weighted by molar-refractivity contribution is 5.76. The van der Waals surface area contributed by atoms with Crippen LogP contribution in [0.4, 0.5) is 10.1 Å². The summed E-state index contributed by atoms with van der Waals surface area (Å²) in [6, 6.07) is 6.52. The third-order valence-electron chi connectivity index (χ3n) is 4.43. The van der Waals surface area contributed by atoms with E-state index in [9.17, 15) is 9.18 Å². The number of hydrogen-bond donors (Lipinski definition) is 1. The predicted molar refractivity (Wildman–Crippen MR) is 94.7 cm³/mol. The Morgan fingerprint density at radius 2 is 1.92 bits per heavy atom. The van der Waals surface area contributed by atoms with Crippen molar-refractivity contribution >= 4 is 11.6 Å². The molecule has 2 heterocycles. The van der Waals surface area contributed by atoms with Gasteiger partial charge in [0.2, 0.25) is 5.91 Å². The lowest BCUT2D eigenvalue weighted by Gasteiger charge is -2.36. The van der Waals surface area contributed by atoms with Gasteiger partial charge in [0.25, 0.3) is 0 Å². The second kappa shape index (κ2) is 8.11. The second-order valence-corrected chi connectivity index (χ2v) is 6.29. The minimum absolute atomic E-state index is 0.178. The molecule has 1 aromatic heterocycles. The topological polar surface area (TPSA) is 53.4 Å². The quantitative estimate of drug-likeness (QED) is 0.804. The fourth-order valence-corrected chi connectivity index (χ4v) is 3.02. The third kappa shape index (κ3) is 4.79. The molecule has 1 N–H and O–H groups in total. The van der Waals surface area contributed by atoms with E-state index in [0.717, 1.165) is 30.9 Å². The lowest BCUT2D eigenvalue weighted by Crippen LogP contribution is -2.49. The molecule has 1 saturated heterocycles. The maximum Gasteiger partial charge on any atom is 0.223 e. The van der Waals surface area contributed by atoms with Gasteiger partial charge in [-0.3, -0.25) is 9.48 Å². The zero-order valence-electron chi connectivity index (χ0n) is 14.5. The molecule has 1 amide bonds. The van der Waals surface area contributed by atoms with E-state index < -0.39 is 0 Å². The Labute approximate surface area is 147 Å². The number of halogens is 1. The highest BCUT2D eigenvalue weighted by atomic mass is 19.1. The molecule has 0 spiro atoms. The van der Waals surface area contributed by atoms with Crippen LogP contribution in [0.1, 0.15) is 12.0 Å². The normalized spacial score (nSPS) is 14.8. The average molecular weight is 345 g/mol. The molecule has 0 saturated carbocycles. The number of aryl methyl sites for hydroxylation is 1. The van der Waals surface area contributed by atoms with Crippen molar-refractivity contribution in [1.29, 1.82) is 0 Å². The second-order valence-electron chi connectivity index (χ2n) is 6.29. The summed E-state index contributed by atoms with van der Waals surface area (Å²) in [4.78, 5) is 16.4. The number of nitrogens with zero attached hydrogens (tertiary/aromatic N) is 4. The van der Waals surface area contributed by atoms with Gasteiger partial charge < -0.3 is 15.1 Å². The molecule has 6 nitrogen and oxygen atoms in total. The average Bonchev–Trinajstić information content (AvgIpc) is 3.05. The Morgan fingerprint density at radius 1 is 1.20 bits per heavy atom. The van der Waals surface area contributed by atoms with Crippen LogP contribution in [0.3, 0.4) is 0 Å². The first-order valence-electron chi connectivity index (χ1n) is 8.58. The molecule has 0 atom stereocenters. The fourth-order valence-electron chi connectivity index (χ4n) is 3.02. The smallest absolute Gasteiger partial charge is 0.223 e. The number of carbonyl (C=O) groups is 1. The molecule has 0 bridgehead atoms. The zero-order valence-corrected chi connectivity index (χ0v) is 14.5. The van der Waals surface area contributed by atoms with Crippen molar-refractivity contribution in [2.75, 3.05) is 37.6 Å². The summed E-state index contributed by atoms with van der Waals surface area (Å²) in [7, 11) is 1.89. The van der Waals surface area contributed by atoms with Crippen molar-refractivity contribution in [1.82, 2.24) is 20.0 Å². The summed E-state index contributed by atoms with van der Waals surface area (Å²) in [5.41, 5.74) is 2.12. The van der Waals surface area contributed by atoms with Gasteiger partial charge in [0.15, 0.2) is 0 Å². The van der Waals surface area contributed by atoms with Gasteiger partial charge in [0.1, 0.15) is 5.82 Å². The Hall–Kier alpha value is -2.41. The van der Waals surface area contributed by atoms with Crippen LogP contribution in [0.5, 0.6) is 0 Å². The molecular formula is C18H24FN5O. The summed E-state index contributed by atoms with van der Waals surface area (Å²) >= 11 is 0. The first kappa shape index (κ1) is 17.4. The molecule has 134 valence electrons. The van der Waals surface area contributed by atoms with Crippen LogP contribution >= 0.6 is 0 Å². The molecule has 0 radical (unpaired) electrons. The molecule has 25 heavy (non-hydrogen) atoms. The van der Waals surface area contributed by atoms with Crippen LogP contribution in [0.2, 0.25) is 0 Å². The minimum Gasteiger partial charge on any atom is -0.368 e. The van der Waals surface area contributed by atoms with Crippen molar-refractivity contribution in [3.05, 3.63) is 48.0 Å². The number of rotatable bonds is 6. The van der Waals surface area contributed by atoms with Crippen molar-refractivity contribution in [3.8, 4) is 0 Å². The van der Waals surface area contributed by atoms with Crippen LogP contribution in [0.15, 0.2) is 36.7 Å². The van der Waals surface area contributed by atoms with Gasteiger partial charge in [-0.25, -0.2) is 4.39 Å². The number of hydrogen-bond acceptors (Lipinski definition) is 4. The maximum absolute atomic E-state index is 13.0. The molecule has 2 aromatic rings. The highest BCUT2D eigenvalue weighted by Gasteiger charge is 2.20. The first-order valence-corrected chi connectivity index (χ1v) is 8.58. The lowest BCUT2D eigenvalue weighted by molar-refractivity contribution is -0.131. The van der Waals surface area contributed by atoms with Crippen molar-refractivity contribution in [3.63, 3.8) is 0 Å². The van der Waals surface area contributed by atoms with Crippen LogP contribution in [-0.2, 0) is 18.4 Å². The third-order valence-corrected chi connectivity index (χ3v) is 4.43. The van der Waals surface area contributed by atoms with E-state index in [1.807, 2.05) is 24.3 Å². The van der Waals surface area contributed by atoms with E-state index in [4.69, 9.17) is 0 Å². The monoisotopic (exact) mass is 345 g/mol. The summed E-state index contributed by atoms with van der Waals surface area (Å²) in [6.07, 6.45) is 4.28. The van der Waals surface area contributed by atoms with Gasteiger partial charge in [0.05, 0.1) is 6.20 Å². The van der Waals surface area contributed by atoms with Gasteiger partial charge in [-0.05, 0) is 24.3 Å². The van der Waals surface area contributed by atoms with Crippen LogP contribution in [0, 0.1) is 5.82 Å². The van der Waals surface area contributed by atoms with E-state index in [0.29, 0.717) is 26.1 Å². The summed E-state index contributed by atoms with van der Waals surface area (Å²) in [5, 5.41) is 7.39. The zero-order chi connectivity index (χ0) is 17.6. The van der Waals surface area contributed by atoms with E-state index in [-0.39, 0.29) is 11.7 Å². The summed E-state index contributed by atoms with van der Waals surface area (Å²) in [6.45, 7) is 4.35. The molecule has 1 aliphatic heterocycles. The van der Waals surface area contributed by atoms with Crippen molar-refractivity contribution < 1.29 is 9.18 Å². The van der Waals surface area contributed by atoms with E-state index in [2.05, 4.69) is 15.3 Å². The van der Waals surface area contributed by atoms with Crippen molar-refractivity contribution in [2.45, 2.75) is 13.0 Å². The highest BCUT2D eigenvalue weighted by Crippen LogP contribution is 2.17. The number of benzene rings is 1. The number of anilines is 1. The van der Waals surface area contributed by atoms with E-state index >= 15 is 0 Å². The fraction of sp³-hybridized carbons (Fsp3) is 0.444. The number of amides is 1. The number of carbonyl (C=O) groups excluding carboxylic acids is 1. The van der Waals surface area contributed by atoms with Crippen LogP contribution in [-0.4, -0.2) is 53.3 Å². The van der Waals surface area contributed by atoms with E-state index in [1.165, 1.54) is 12.1 Å². The molecule has 7 heteroatoms. The molecule has 3 rings (SSSR count). The number of nitrogens with one attached hydrogen (secondary N) is 1. The summed E-state index contributed by atoms with van der Waals surface area (Å²) in [5.74, 6) is -0.0474. The molecule has 1 aromatic carbocycles. The van der Waals surface area contributed by atoms with Gasteiger partial charge in [0, 0.05) is 70.2 Å². The number of aromatic nitrogens is 2. The molecule has 1 aliphatic rings. The Balaban J connectivity index is 1.37. The maximum atomic E-state index is 13.0. The van der Waals surface area contributed by atoms with Crippen LogP contribution < -0.4 is 10.2 Å². The molecule has 0 unspecified atom stereocenters. The van der Waals surface area contributed by atoms with Gasteiger partial charge in [-0.15, -0.1) is 0 Å². The molecular weight excluding hydrogens is 321 g/mol. The Morgan fingerprint density at radius 3 is 2.56 bits per heavy atom. The van der Waals surface area contributed by atoms with Gasteiger partial charge in [-0.1, -0.05) is 0 Å². The van der Waals surface area contributed by atoms with Gasteiger partial charge in [-0.2, -0.15) is 5.10 Å². The lowest BCUT2D eigenvalue weighted by atomic mass is 10.2. The molecule has 1 fully saturated rings. The van der Waals surface area contributed by atoms with E-state index in [1.54, 1.807) is 16.8 Å². The Bertz CT molecular complexity index is 692. The Kier molecular flexibility index (Phi) is 5.65. The minimum atomic E-state index is -0.226. The SMILES string of the molecule is Cn1cc(CNCCC(=O)N2CCN(c3ccc(F)cc3)CC2)cn1. The van der Waals surface area contributed by atoms with Gasteiger partial charge >= 0.3 is 0 Å². The summed E-state index contributed by atoms with van der Waals surface area (Å²) < 4.78 is 14.8. The van der Waals surface area contributed by atoms with Crippen molar-refractivity contribution in [2.24, 2.45) is 7.05 Å². The standard InChI is InChI=1S/C18H24FN5O/c1-22-14-15(13-21-22)12-20-7-6-18(25)24-10-8-23(9-11-24)17-4-2-16(19)3-5-17/h2-5,13-14,20H,6-12H2,1H3. The van der Waals surface area contributed by atoms with Crippen LogP contribution in [0.25, 0.3) is 0 Å². The number of piperazine rings is 1. The first-order chi connectivity index (χ1) is 12.1. The predicted octanol–water partition coefficient (Wildman–Crippen LogP) is 1.39. The molecule has 0 aliphatic carbocycles. The largest absolute Gasteiger partial charge is 0.368 e.